The van der Waals surface area contributed by atoms with Gasteiger partial charge in [-0.25, -0.2) is 0 Å². The van der Waals surface area contributed by atoms with Crippen LogP contribution in [0.2, 0.25) is 0 Å². The van der Waals surface area contributed by atoms with Gasteiger partial charge in [-0.3, -0.25) is 9.59 Å². The summed E-state index contributed by atoms with van der Waals surface area (Å²) in [7, 11) is 0. The Labute approximate surface area is 97.8 Å². The van der Waals surface area contributed by atoms with E-state index in [1.165, 1.54) is 32.5 Å². The first-order valence-electron chi connectivity index (χ1n) is 5.82. The van der Waals surface area contributed by atoms with Crippen LogP contribution in [0.1, 0.15) is 33.6 Å². The van der Waals surface area contributed by atoms with Crippen molar-refractivity contribution in [2.24, 2.45) is 0 Å². The molecule has 1 fully saturated rings. The molecule has 2 N–H and O–H groups in total. The standard InChI is InChI=1S/C6H13N.C3H5NO3.C2H6/c1-2-7-5-3-4-6-7;5-2-4-1-3(6)7;1-2/h2-6H2,1H3;2H,1H2,(H,4,5)(H,6,7);1-2H3. The van der Waals surface area contributed by atoms with Crippen LogP contribution in [0.5, 0.6) is 0 Å². The highest BCUT2D eigenvalue weighted by Gasteiger charge is 2.06. The minimum absolute atomic E-state index is 0.302. The van der Waals surface area contributed by atoms with Crippen molar-refractivity contribution in [2.75, 3.05) is 26.2 Å². The van der Waals surface area contributed by atoms with Gasteiger partial charge in [0.25, 0.3) is 0 Å². The number of amides is 1. The molecule has 1 heterocycles. The van der Waals surface area contributed by atoms with Crippen molar-refractivity contribution in [3.8, 4) is 0 Å². The lowest BCUT2D eigenvalue weighted by molar-refractivity contribution is -0.136. The molecule has 1 aliphatic rings. The Morgan fingerprint density at radius 2 is 1.88 bits per heavy atom. The summed E-state index contributed by atoms with van der Waals surface area (Å²) in [6.07, 6.45) is 3.19. The number of carboxylic acids is 1. The number of nitrogens with one attached hydrogen (secondary N) is 1. The number of hydrogen-bond acceptors (Lipinski definition) is 3. The SMILES string of the molecule is CC.CCN1CCCC1.O=CNCC(=O)O. The lowest BCUT2D eigenvalue weighted by Gasteiger charge is -2.08. The second kappa shape index (κ2) is 13.9. The smallest absolute Gasteiger partial charge is 0.322 e. The molecule has 0 unspecified atom stereocenters. The van der Waals surface area contributed by atoms with Gasteiger partial charge in [0.2, 0.25) is 6.41 Å². The summed E-state index contributed by atoms with van der Waals surface area (Å²) in [5, 5.41) is 9.79. The van der Waals surface area contributed by atoms with E-state index >= 15 is 0 Å². The number of rotatable bonds is 4. The molecule has 0 aliphatic carbocycles. The van der Waals surface area contributed by atoms with E-state index in [9.17, 15) is 9.59 Å². The molecule has 0 saturated carbocycles. The average molecular weight is 232 g/mol. The lowest BCUT2D eigenvalue weighted by atomic mass is 10.4. The van der Waals surface area contributed by atoms with Gasteiger partial charge in [-0.15, -0.1) is 0 Å². The molecular weight excluding hydrogens is 208 g/mol. The van der Waals surface area contributed by atoms with E-state index in [-0.39, 0.29) is 6.54 Å². The Kier molecular flexibility index (Phi) is 15.0. The van der Waals surface area contributed by atoms with E-state index in [1.807, 2.05) is 19.2 Å². The lowest BCUT2D eigenvalue weighted by Crippen LogP contribution is -2.20. The summed E-state index contributed by atoms with van der Waals surface area (Å²) in [6, 6.07) is 0. The molecule has 0 atom stereocenters. The summed E-state index contributed by atoms with van der Waals surface area (Å²) >= 11 is 0. The third-order valence-electron chi connectivity index (χ3n) is 1.98. The number of carbonyl (C=O) groups is 2. The predicted molar refractivity (Wildman–Crippen MR) is 64.4 cm³/mol. The number of carbonyl (C=O) groups excluding carboxylic acids is 1. The molecule has 1 amide bonds. The van der Waals surface area contributed by atoms with Crippen molar-refractivity contribution < 1.29 is 14.7 Å². The van der Waals surface area contributed by atoms with Gasteiger partial charge >= 0.3 is 5.97 Å². The zero-order chi connectivity index (χ0) is 12.8. The Morgan fingerprint density at radius 3 is 2.06 bits per heavy atom. The van der Waals surface area contributed by atoms with E-state index in [0.717, 1.165) is 0 Å². The molecule has 0 aromatic rings. The highest BCUT2D eigenvalue weighted by atomic mass is 16.4. The minimum Gasteiger partial charge on any atom is -0.480 e. The third kappa shape index (κ3) is 12.9. The van der Waals surface area contributed by atoms with Gasteiger partial charge in [-0.05, 0) is 32.5 Å². The van der Waals surface area contributed by atoms with E-state index in [2.05, 4.69) is 11.8 Å². The van der Waals surface area contributed by atoms with Crippen LogP contribution in [0.3, 0.4) is 0 Å². The molecule has 1 saturated heterocycles. The van der Waals surface area contributed by atoms with E-state index in [1.54, 1.807) is 0 Å². The molecular formula is C11H24N2O3. The fourth-order valence-electron chi connectivity index (χ4n) is 1.23. The normalized spacial score (nSPS) is 13.9. The molecule has 0 aromatic heterocycles. The Balaban J connectivity index is 0. The summed E-state index contributed by atoms with van der Waals surface area (Å²) in [5.41, 5.74) is 0. The maximum Gasteiger partial charge on any atom is 0.322 e. The Bertz CT molecular complexity index is 169. The van der Waals surface area contributed by atoms with Gasteiger partial charge in [0.15, 0.2) is 0 Å². The first kappa shape index (κ1) is 17.3. The molecule has 0 spiro atoms. The zero-order valence-corrected chi connectivity index (χ0v) is 10.5. The molecule has 0 bridgehead atoms. The van der Waals surface area contributed by atoms with Crippen LogP contribution in [0.4, 0.5) is 0 Å². The molecule has 16 heavy (non-hydrogen) atoms. The van der Waals surface area contributed by atoms with Crippen molar-refractivity contribution in [3.05, 3.63) is 0 Å². The largest absolute Gasteiger partial charge is 0.480 e. The highest BCUT2D eigenvalue weighted by molar-refractivity contribution is 5.71. The number of carboxylic acid groups (broad SMARTS) is 1. The van der Waals surface area contributed by atoms with Crippen molar-refractivity contribution in [2.45, 2.75) is 33.6 Å². The van der Waals surface area contributed by atoms with Crippen LogP contribution in [-0.4, -0.2) is 48.6 Å². The fraction of sp³-hybridized carbons (Fsp3) is 0.818. The van der Waals surface area contributed by atoms with Crippen molar-refractivity contribution in [1.29, 1.82) is 0 Å². The molecule has 1 rings (SSSR count). The van der Waals surface area contributed by atoms with Crippen LogP contribution in [0, 0.1) is 0 Å². The quantitative estimate of drug-likeness (QED) is 0.708. The average Bonchev–Trinajstić information content (AvgIpc) is 2.82. The second-order valence-corrected chi connectivity index (χ2v) is 3.03. The third-order valence-corrected chi connectivity index (χ3v) is 1.98. The first-order valence-corrected chi connectivity index (χ1v) is 5.82. The zero-order valence-electron chi connectivity index (χ0n) is 10.5. The molecule has 5 nitrogen and oxygen atoms in total. The monoisotopic (exact) mass is 232 g/mol. The van der Waals surface area contributed by atoms with Crippen LogP contribution in [-0.2, 0) is 9.59 Å². The summed E-state index contributed by atoms with van der Waals surface area (Å²) in [5.74, 6) is -1.04. The molecule has 5 heteroatoms. The maximum atomic E-state index is 9.54. The Morgan fingerprint density at radius 1 is 1.38 bits per heavy atom. The number of likely N-dealkylation sites (tertiary alicyclic amines) is 1. The van der Waals surface area contributed by atoms with Crippen LogP contribution >= 0.6 is 0 Å². The number of nitrogens with zero attached hydrogens (tertiary/aromatic N) is 1. The Hall–Kier alpha value is -1.10. The minimum atomic E-state index is -1.04. The topological polar surface area (TPSA) is 69.6 Å². The van der Waals surface area contributed by atoms with Gasteiger partial charge in [-0.1, -0.05) is 20.8 Å². The fourth-order valence-corrected chi connectivity index (χ4v) is 1.23. The predicted octanol–water partition coefficient (Wildman–Crippen LogP) is 0.945. The van der Waals surface area contributed by atoms with Crippen molar-refractivity contribution in [1.82, 2.24) is 10.2 Å². The van der Waals surface area contributed by atoms with Gasteiger partial charge in [0, 0.05) is 0 Å². The van der Waals surface area contributed by atoms with Crippen molar-refractivity contribution >= 4 is 12.4 Å². The van der Waals surface area contributed by atoms with Crippen LogP contribution in [0.15, 0.2) is 0 Å². The summed E-state index contributed by atoms with van der Waals surface area (Å²) in [4.78, 5) is 21.4. The van der Waals surface area contributed by atoms with Crippen LogP contribution < -0.4 is 5.32 Å². The summed E-state index contributed by atoms with van der Waals surface area (Å²) in [6.45, 7) is 9.86. The second-order valence-electron chi connectivity index (χ2n) is 3.03. The number of hydrogen-bond donors (Lipinski definition) is 2. The van der Waals surface area contributed by atoms with Gasteiger partial charge in [-0.2, -0.15) is 0 Å². The van der Waals surface area contributed by atoms with E-state index in [0.29, 0.717) is 6.41 Å². The highest BCUT2D eigenvalue weighted by Crippen LogP contribution is 2.04. The number of aliphatic carboxylic acids is 1. The summed E-state index contributed by atoms with van der Waals surface area (Å²) < 4.78 is 0. The molecule has 0 radical (unpaired) electrons. The molecule has 1 aliphatic heterocycles. The van der Waals surface area contributed by atoms with Gasteiger partial charge < -0.3 is 15.3 Å². The van der Waals surface area contributed by atoms with Crippen LogP contribution in [0.25, 0.3) is 0 Å². The van der Waals surface area contributed by atoms with E-state index < -0.39 is 5.97 Å². The first-order chi connectivity index (χ1) is 7.70. The van der Waals surface area contributed by atoms with Crippen molar-refractivity contribution in [3.63, 3.8) is 0 Å². The van der Waals surface area contributed by atoms with Gasteiger partial charge in [0.1, 0.15) is 6.54 Å². The van der Waals surface area contributed by atoms with Gasteiger partial charge in [0.05, 0.1) is 0 Å². The molecule has 96 valence electrons. The maximum absolute atomic E-state index is 9.54. The molecule has 0 aromatic carbocycles. The van der Waals surface area contributed by atoms with E-state index in [4.69, 9.17) is 5.11 Å².